The van der Waals surface area contributed by atoms with Gasteiger partial charge < -0.3 is 9.47 Å². The highest BCUT2D eigenvalue weighted by atomic mass is 16.7. The minimum Gasteiger partial charge on any atom is -0.434 e. The molecule has 0 aliphatic heterocycles. The predicted octanol–water partition coefficient (Wildman–Crippen LogP) is 3.70. The second-order valence-corrected chi connectivity index (χ2v) is 3.54. The first-order valence-corrected chi connectivity index (χ1v) is 5.81. The van der Waals surface area contributed by atoms with E-state index in [1.54, 1.807) is 0 Å². The van der Waals surface area contributed by atoms with Crippen molar-refractivity contribution < 1.29 is 14.3 Å². The monoisotopic (exact) mass is 234 g/mol. The fraction of sp³-hybridized carbons (Fsp3) is 0.357. The lowest BCUT2D eigenvalue weighted by Crippen LogP contribution is -2.08. The average Bonchev–Trinajstić information content (AvgIpc) is 2.37. The molecule has 0 fully saturated rings. The summed E-state index contributed by atoms with van der Waals surface area (Å²) in [6.45, 7) is 2.68. The smallest absolute Gasteiger partial charge is 0.434 e. The van der Waals surface area contributed by atoms with Crippen LogP contribution in [0.15, 0.2) is 42.5 Å². The maximum atomic E-state index is 11.2. The van der Waals surface area contributed by atoms with Crippen LogP contribution < -0.4 is 0 Å². The molecule has 0 aliphatic carbocycles. The summed E-state index contributed by atoms with van der Waals surface area (Å²) in [5.74, 6) is 0. The van der Waals surface area contributed by atoms with Crippen molar-refractivity contribution in [2.24, 2.45) is 0 Å². The lowest BCUT2D eigenvalue weighted by Gasteiger charge is -2.05. The topological polar surface area (TPSA) is 35.5 Å². The summed E-state index contributed by atoms with van der Waals surface area (Å²) in [5, 5.41) is 0. The lowest BCUT2D eigenvalue weighted by atomic mass is 10.2. The van der Waals surface area contributed by atoms with Gasteiger partial charge in [0.25, 0.3) is 0 Å². The molecule has 0 aliphatic rings. The second kappa shape index (κ2) is 8.39. The molecule has 0 unspecified atom stereocenters. The van der Waals surface area contributed by atoms with Crippen LogP contribution >= 0.6 is 0 Å². The minimum atomic E-state index is -0.612. The predicted molar refractivity (Wildman–Crippen MR) is 66.6 cm³/mol. The first-order chi connectivity index (χ1) is 8.33. The molecule has 0 amide bonds. The molecule has 17 heavy (non-hydrogen) atoms. The van der Waals surface area contributed by atoms with Gasteiger partial charge in [-0.2, -0.15) is 0 Å². The molecule has 3 heteroatoms. The summed E-state index contributed by atoms with van der Waals surface area (Å²) in [6.07, 6.45) is 5.15. The Bertz CT molecular complexity index is 344. The zero-order valence-electron chi connectivity index (χ0n) is 10.1. The SMILES string of the molecule is CC/C=C\CCOC(=O)OCc1ccccc1. The van der Waals surface area contributed by atoms with Crippen LogP contribution in [0.25, 0.3) is 0 Å². The van der Waals surface area contributed by atoms with Gasteiger partial charge in [-0.3, -0.25) is 0 Å². The first kappa shape index (κ1) is 13.3. The number of allylic oxidation sites excluding steroid dienone is 1. The van der Waals surface area contributed by atoms with Crippen molar-refractivity contribution >= 4 is 6.16 Å². The molecule has 0 aromatic heterocycles. The number of benzene rings is 1. The summed E-state index contributed by atoms with van der Waals surface area (Å²) >= 11 is 0. The maximum Gasteiger partial charge on any atom is 0.508 e. The molecule has 0 atom stereocenters. The number of hydrogen-bond donors (Lipinski definition) is 0. The molecule has 3 nitrogen and oxygen atoms in total. The van der Waals surface area contributed by atoms with Crippen LogP contribution in [0.5, 0.6) is 0 Å². The van der Waals surface area contributed by atoms with E-state index in [0.29, 0.717) is 6.61 Å². The Kier molecular flexibility index (Phi) is 6.56. The van der Waals surface area contributed by atoms with Gasteiger partial charge in [0, 0.05) is 0 Å². The normalized spacial score (nSPS) is 10.4. The van der Waals surface area contributed by atoms with Crippen LogP contribution in [0.2, 0.25) is 0 Å². The Hall–Kier alpha value is -1.77. The molecular weight excluding hydrogens is 216 g/mol. The quantitative estimate of drug-likeness (QED) is 0.428. The van der Waals surface area contributed by atoms with Crippen LogP contribution in [0.3, 0.4) is 0 Å². The highest BCUT2D eigenvalue weighted by Gasteiger charge is 2.02. The molecule has 92 valence electrons. The zero-order chi connectivity index (χ0) is 12.3. The molecule has 1 rings (SSSR count). The Morgan fingerprint density at radius 3 is 2.65 bits per heavy atom. The summed E-state index contributed by atoms with van der Waals surface area (Å²) < 4.78 is 9.85. The molecular formula is C14H18O3. The van der Waals surface area contributed by atoms with Gasteiger partial charge in [0.15, 0.2) is 0 Å². The molecule has 0 bridgehead atoms. The number of hydrogen-bond acceptors (Lipinski definition) is 3. The average molecular weight is 234 g/mol. The van der Waals surface area contributed by atoms with E-state index >= 15 is 0 Å². The maximum absolute atomic E-state index is 11.2. The Morgan fingerprint density at radius 2 is 1.94 bits per heavy atom. The molecule has 0 saturated carbocycles. The molecule has 0 heterocycles. The van der Waals surface area contributed by atoms with Crippen LogP contribution in [0.4, 0.5) is 4.79 Å². The fourth-order valence-electron chi connectivity index (χ4n) is 1.25. The first-order valence-electron chi connectivity index (χ1n) is 5.81. The van der Waals surface area contributed by atoms with Gasteiger partial charge in [0.05, 0.1) is 6.61 Å². The Balaban J connectivity index is 2.11. The summed E-state index contributed by atoms with van der Waals surface area (Å²) in [5.41, 5.74) is 0.954. The third-order valence-corrected chi connectivity index (χ3v) is 2.11. The van der Waals surface area contributed by atoms with E-state index in [2.05, 4.69) is 6.92 Å². The minimum absolute atomic E-state index is 0.254. The Morgan fingerprint density at radius 1 is 1.18 bits per heavy atom. The van der Waals surface area contributed by atoms with E-state index in [1.807, 2.05) is 42.5 Å². The van der Waals surface area contributed by atoms with Gasteiger partial charge in [-0.25, -0.2) is 4.79 Å². The van der Waals surface area contributed by atoms with Gasteiger partial charge in [-0.1, -0.05) is 49.4 Å². The van der Waals surface area contributed by atoms with E-state index in [-0.39, 0.29) is 6.61 Å². The van der Waals surface area contributed by atoms with E-state index < -0.39 is 6.16 Å². The highest BCUT2D eigenvalue weighted by Crippen LogP contribution is 2.01. The lowest BCUT2D eigenvalue weighted by molar-refractivity contribution is 0.0511. The second-order valence-electron chi connectivity index (χ2n) is 3.54. The standard InChI is InChI=1S/C14H18O3/c1-2-3-4-8-11-16-14(15)17-12-13-9-6-5-7-10-13/h3-7,9-10H,2,8,11-12H2,1H3/b4-3-. The van der Waals surface area contributed by atoms with E-state index in [1.165, 1.54) is 0 Å². The summed E-state index contributed by atoms with van der Waals surface area (Å²) in [7, 11) is 0. The van der Waals surface area contributed by atoms with Crippen LogP contribution in [0.1, 0.15) is 25.3 Å². The van der Waals surface area contributed by atoms with Gasteiger partial charge in [-0.15, -0.1) is 0 Å². The third kappa shape index (κ3) is 6.40. The van der Waals surface area contributed by atoms with E-state index in [0.717, 1.165) is 18.4 Å². The van der Waals surface area contributed by atoms with Crippen molar-refractivity contribution in [3.05, 3.63) is 48.0 Å². The van der Waals surface area contributed by atoms with Crippen LogP contribution in [-0.2, 0) is 16.1 Å². The van der Waals surface area contributed by atoms with Crippen molar-refractivity contribution in [1.29, 1.82) is 0 Å². The van der Waals surface area contributed by atoms with E-state index in [4.69, 9.17) is 9.47 Å². The molecule has 1 aromatic rings. The third-order valence-electron chi connectivity index (χ3n) is 2.11. The Labute approximate surface area is 102 Å². The fourth-order valence-corrected chi connectivity index (χ4v) is 1.25. The van der Waals surface area contributed by atoms with Crippen molar-refractivity contribution in [3.63, 3.8) is 0 Å². The van der Waals surface area contributed by atoms with Crippen molar-refractivity contribution in [2.45, 2.75) is 26.4 Å². The van der Waals surface area contributed by atoms with Crippen LogP contribution in [0, 0.1) is 0 Å². The number of rotatable bonds is 6. The molecule has 0 radical (unpaired) electrons. The van der Waals surface area contributed by atoms with Gasteiger partial charge in [0.1, 0.15) is 6.61 Å². The van der Waals surface area contributed by atoms with Crippen molar-refractivity contribution in [1.82, 2.24) is 0 Å². The number of carbonyl (C=O) groups excluding carboxylic acids is 1. The molecule has 0 N–H and O–H groups in total. The van der Waals surface area contributed by atoms with E-state index in [9.17, 15) is 4.79 Å². The summed E-state index contributed by atoms with van der Waals surface area (Å²) in [6, 6.07) is 9.52. The van der Waals surface area contributed by atoms with Crippen molar-refractivity contribution in [2.75, 3.05) is 6.61 Å². The number of ether oxygens (including phenoxy) is 2. The van der Waals surface area contributed by atoms with Gasteiger partial charge >= 0.3 is 6.16 Å². The molecule has 1 aromatic carbocycles. The largest absolute Gasteiger partial charge is 0.508 e. The zero-order valence-corrected chi connectivity index (χ0v) is 10.1. The highest BCUT2D eigenvalue weighted by molar-refractivity contribution is 5.59. The molecule has 0 saturated heterocycles. The van der Waals surface area contributed by atoms with Gasteiger partial charge in [-0.05, 0) is 18.4 Å². The van der Waals surface area contributed by atoms with Gasteiger partial charge in [0.2, 0.25) is 0 Å². The van der Waals surface area contributed by atoms with Crippen molar-refractivity contribution in [3.8, 4) is 0 Å². The number of carbonyl (C=O) groups is 1. The molecule has 0 spiro atoms. The summed E-state index contributed by atoms with van der Waals surface area (Å²) in [4.78, 5) is 11.2. The van der Waals surface area contributed by atoms with Crippen LogP contribution in [-0.4, -0.2) is 12.8 Å².